The molecule has 0 aromatic carbocycles. The Morgan fingerprint density at radius 1 is 1.21 bits per heavy atom. The summed E-state index contributed by atoms with van der Waals surface area (Å²) >= 11 is 1.21. The highest BCUT2D eigenvalue weighted by Crippen LogP contribution is 2.27. The number of aromatic nitrogens is 2. The zero-order valence-corrected chi connectivity index (χ0v) is 17.3. The van der Waals surface area contributed by atoms with Crippen molar-refractivity contribution in [1.82, 2.24) is 10.1 Å². The first-order chi connectivity index (χ1) is 14.1. The standard InChI is InChI=1S/C20H26N4O4S/c1-14-10-17(24-28-14)22-18(25)12-29-13-19(26)23-20-16(8-5-9-21-20)27-11-15-6-3-2-4-7-15/h5,8-10,15H,2-4,6-7,11-13H2,1H3,(H,21,23,26)(H,22,24,25). The van der Waals surface area contributed by atoms with Crippen LogP contribution in [0.25, 0.3) is 0 Å². The van der Waals surface area contributed by atoms with Gasteiger partial charge in [0, 0.05) is 12.3 Å². The van der Waals surface area contributed by atoms with Crippen molar-refractivity contribution >= 4 is 35.2 Å². The lowest BCUT2D eigenvalue weighted by molar-refractivity contribution is -0.114. The summed E-state index contributed by atoms with van der Waals surface area (Å²) in [4.78, 5) is 28.3. The third kappa shape index (κ3) is 7.08. The lowest BCUT2D eigenvalue weighted by atomic mass is 9.90. The van der Waals surface area contributed by atoms with E-state index in [9.17, 15) is 9.59 Å². The fourth-order valence-corrected chi connectivity index (χ4v) is 3.79. The minimum Gasteiger partial charge on any atom is -0.489 e. The fraction of sp³-hybridized carbons (Fsp3) is 0.500. The molecule has 1 fully saturated rings. The number of rotatable bonds is 9. The van der Waals surface area contributed by atoms with Gasteiger partial charge >= 0.3 is 0 Å². The zero-order valence-electron chi connectivity index (χ0n) is 16.5. The number of aryl methyl sites for hydroxylation is 1. The smallest absolute Gasteiger partial charge is 0.235 e. The zero-order chi connectivity index (χ0) is 20.5. The van der Waals surface area contributed by atoms with Crippen molar-refractivity contribution in [2.24, 2.45) is 5.92 Å². The molecule has 0 atom stereocenters. The van der Waals surface area contributed by atoms with Gasteiger partial charge in [0.05, 0.1) is 18.1 Å². The topological polar surface area (TPSA) is 106 Å². The van der Waals surface area contributed by atoms with Crippen molar-refractivity contribution in [1.29, 1.82) is 0 Å². The molecule has 0 saturated heterocycles. The third-order valence-electron chi connectivity index (χ3n) is 4.59. The first-order valence-corrected chi connectivity index (χ1v) is 10.9. The van der Waals surface area contributed by atoms with Crippen LogP contribution in [0.1, 0.15) is 37.9 Å². The summed E-state index contributed by atoms with van der Waals surface area (Å²) in [5, 5.41) is 9.08. The molecule has 2 aromatic heterocycles. The van der Waals surface area contributed by atoms with Crippen LogP contribution in [-0.2, 0) is 9.59 Å². The number of thioether (sulfide) groups is 1. The second-order valence-electron chi connectivity index (χ2n) is 7.08. The minimum atomic E-state index is -0.245. The van der Waals surface area contributed by atoms with Gasteiger partial charge in [-0.25, -0.2) is 4.98 Å². The van der Waals surface area contributed by atoms with Gasteiger partial charge in [0.1, 0.15) is 5.76 Å². The largest absolute Gasteiger partial charge is 0.489 e. The van der Waals surface area contributed by atoms with Gasteiger partial charge in [0.25, 0.3) is 0 Å². The van der Waals surface area contributed by atoms with Crippen LogP contribution in [0.15, 0.2) is 28.9 Å². The Bertz CT molecular complexity index is 820. The highest BCUT2D eigenvalue weighted by Gasteiger charge is 2.16. The number of pyridine rings is 1. The lowest BCUT2D eigenvalue weighted by Gasteiger charge is -2.22. The molecule has 9 heteroatoms. The van der Waals surface area contributed by atoms with Gasteiger partial charge < -0.3 is 19.9 Å². The maximum atomic E-state index is 12.2. The predicted molar refractivity (Wildman–Crippen MR) is 112 cm³/mol. The average molecular weight is 419 g/mol. The molecule has 0 unspecified atom stereocenters. The van der Waals surface area contributed by atoms with Gasteiger partial charge in [-0.1, -0.05) is 24.4 Å². The number of carbonyl (C=O) groups is 2. The highest BCUT2D eigenvalue weighted by atomic mass is 32.2. The Morgan fingerprint density at radius 2 is 1.97 bits per heavy atom. The summed E-state index contributed by atoms with van der Waals surface area (Å²) in [7, 11) is 0. The van der Waals surface area contributed by atoms with Crippen molar-refractivity contribution in [2.75, 3.05) is 28.7 Å². The molecular formula is C20H26N4O4S. The van der Waals surface area contributed by atoms with E-state index in [0.717, 1.165) is 0 Å². The maximum Gasteiger partial charge on any atom is 0.235 e. The van der Waals surface area contributed by atoms with E-state index in [0.29, 0.717) is 35.7 Å². The van der Waals surface area contributed by atoms with E-state index in [1.165, 1.54) is 43.9 Å². The van der Waals surface area contributed by atoms with Crippen LogP contribution < -0.4 is 15.4 Å². The number of amides is 2. The molecular weight excluding hydrogens is 392 g/mol. The molecule has 2 heterocycles. The first kappa shape index (κ1) is 21.2. The van der Waals surface area contributed by atoms with E-state index < -0.39 is 0 Å². The van der Waals surface area contributed by atoms with Crippen LogP contribution in [0, 0.1) is 12.8 Å². The molecule has 2 aromatic rings. The number of nitrogens with zero attached hydrogens (tertiary/aromatic N) is 2. The van der Waals surface area contributed by atoms with Crippen molar-refractivity contribution in [3.05, 3.63) is 30.2 Å². The fourth-order valence-electron chi connectivity index (χ4n) is 3.17. The van der Waals surface area contributed by atoms with Crippen LogP contribution in [0.3, 0.4) is 0 Å². The molecule has 1 aliphatic rings. The Hall–Kier alpha value is -2.55. The van der Waals surface area contributed by atoms with Crippen molar-refractivity contribution < 1.29 is 18.8 Å². The summed E-state index contributed by atoms with van der Waals surface area (Å²) in [6.45, 7) is 2.39. The Labute approximate surface area is 174 Å². The summed E-state index contributed by atoms with van der Waals surface area (Å²) < 4.78 is 10.8. The first-order valence-electron chi connectivity index (χ1n) is 9.79. The molecule has 0 spiro atoms. The van der Waals surface area contributed by atoms with E-state index in [4.69, 9.17) is 9.26 Å². The van der Waals surface area contributed by atoms with Crippen molar-refractivity contribution in [3.63, 3.8) is 0 Å². The summed E-state index contributed by atoms with van der Waals surface area (Å²) in [6.07, 6.45) is 7.81. The third-order valence-corrected chi connectivity index (χ3v) is 5.52. The molecule has 1 saturated carbocycles. The quantitative estimate of drug-likeness (QED) is 0.640. The van der Waals surface area contributed by atoms with Crippen LogP contribution >= 0.6 is 11.8 Å². The molecule has 0 radical (unpaired) electrons. The molecule has 0 aliphatic heterocycles. The summed E-state index contributed by atoms with van der Waals surface area (Å²) in [6, 6.07) is 5.23. The molecule has 1 aliphatic carbocycles. The molecule has 156 valence electrons. The van der Waals surface area contributed by atoms with Gasteiger partial charge in [-0.05, 0) is 37.8 Å². The van der Waals surface area contributed by atoms with Crippen LogP contribution in [-0.4, -0.2) is 40.1 Å². The van der Waals surface area contributed by atoms with E-state index in [2.05, 4.69) is 20.8 Å². The number of anilines is 2. The maximum absolute atomic E-state index is 12.2. The minimum absolute atomic E-state index is 0.129. The van der Waals surface area contributed by atoms with Crippen LogP contribution in [0.2, 0.25) is 0 Å². The summed E-state index contributed by atoms with van der Waals surface area (Å²) in [5.74, 6) is 2.32. The second kappa shape index (κ2) is 10.8. The lowest BCUT2D eigenvalue weighted by Crippen LogP contribution is -2.20. The number of nitrogens with one attached hydrogen (secondary N) is 2. The number of hydrogen-bond donors (Lipinski definition) is 2. The Kier molecular flexibility index (Phi) is 7.92. The number of ether oxygens (including phenoxy) is 1. The van der Waals surface area contributed by atoms with E-state index in [1.807, 2.05) is 6.07 Å². The summed E-state index contributed by atoms with van der Waals surface area (Å²) in [5.41, 5.74) is 0. The van der Waals surface area contributed by atoms with E-state index >= 15 is 0 Å². The van der Waals surface area contributed by atoms with Crippen molar-refractivity contribution in [2.45, 2.75) is 39.0 Å². The number of hydrogen-bond acceptors (Lipinski definition) is 7. The van der Waals surface area contributed by atoms with Gasteiger partial charge in [-0.3, -0.25) is 9.59 Å². The van der Waals surface area contributed by atoms with Gasteiger partial charge in [-0.15, -0.1) is 11.8 Å². The Balaban J connectivity index is 1.41. The normalized spacial score (nSPS) is 14.4. The molecule has 2 N–H and O–H groups in total. The SMILES string of the molecule is Cc1cc(NC(=O)CSCC(=O)Nc2ncccc2OCC2CCCCC2)no1. The van der Waals surface area contributed by atoms with E-state index in [1.54, 1.807) is 25.3 Å². The van der Waals surface area contributed by atoms with E-state index in [-0.39, 0.29) is 23.3 Å². The average Bonchev–Trinajstić information content (AvgIpc) is 3.12. The monoisotopic (exact) mass is 418 g/mol. The van der Waals surface area contributed by atoms with Gasteiger partial charge in [0.2, 0.25) is 11.8 Å². The van der Waals surface area contributed by atoms with Gasteiger partial charge in [-0.2, -0.15) is 0 Å². The van der Waals surface area contributed by atoms with Crippen molar-refractivity contribution in [3.8, 4) is 5.75 Å². The second-order valence-corrected chi connectivity index (χ2v) is 8.06. The molecule has 3 rings (SSSR count). The molecule has 8 nitrogen and oxygen atoms in total. The molecule has 29 heavy (non-hydrogen) atoms. The van der Waals surface area contributed by atoms with Gasteiger partial charge in [0.15, 0.2) is 17.4 Å². The molecule has 2 amide bonds. The molecule has 0 bridgehead atoms. The predicted octanol–water partition coefficient (Wildman–Crippen LogP) is 3.65. The number of carbonyl (C=O) groups excluding carboxylic acids is 2. The Morgan fingerprint density at radius 3 is 2.69 bits per heavy atom. The van der Waals surface area contributed by atoms with Crippen LogP contribution in [0.4, 0.5) is 11.6 Å². The van der Waals surface area contributed by atoms with Crippen LogP contribution in [0.5, 0.6) is 5.75 Å². The highest BCUT2D eigenvalue weighted by molar-refractivity contribution is 8.00.